The van der Waals surface area contributed by atoms with Crippen molar-refractivity contribution in [2.45, 2.75) is 131 Å². The van der Waals surface area contributed by atoms with Gasteiger partial charge in [-0.2, -0.15) is 0 Å². The van der Waals surface area contributed by atoms with Crippen molar-refractivity contribution in [1.29, 1.82) is 0 Å². The molecule has 0 heterocycles. The number of rotatable bonds is 22. The Morgan fingerprint density at radius 2 is 1.59 bits per heavy atom. The first-order chi connectivity index (χ1) is 18.7. The molecule has 0 fully saturated rings. The van der Waals surface area contributed by atoms with Gasteiger partial charge in [0.25, 0.3) is 5.09 Å². The van der Waals surface area contributed by atoms with E-state index in [1.165, 1.54) is 51.9 Å². The molecule has 10 heteroatoms. The van der Waals surface area contributed by atoms with E-state index in [0.717, 1.165) is 45.1 Å². The van der Waals surface area contributed by atoms with E-state index in [4.69, 9.17) is 9.84 Å². The largest absolute Gasteiger partial charge is 0.462 e. The summed E-state index contributed by atoms with van der Waals surface area (Å²) in [6.07, 6.45) is 18.5. The van der Waals surface area contributed by atoms with E-state index < -0.39 is 17.1 Å². The number of nitrogens with zero attached hydrogens (tertiary/aromatic N) is 1. The van der Waals surface area contributed by atoms with Crippen molar-refractivity contribution >= 4 is 17.7 Å². The van der Waals surface area contributed by atoms with Gasteiger partial charge in [-0.1, -0.05) is 77.9 Å². The summed E-state index contributed by atoms with van der Waals surface area (Å²) < 4.78 is 4.70. The van der Waals surface area contributed by atoms with Crippen LogP contribution in [0.15, 0.2) is 12.2 Å². The monoisotopic (exact) mass is 560 g/mol. The van der Waals surface area contributed by atoms with Crippen molar-refractivity contribution in [2.75, 3.05) is 20.3 Å². The molecule has 39 heavy (non-hydrogen) atoms. The highest BCUT2D eigenvalue weighted by atomic mass is 17.0. The lowest BCUT2D eigenvalue weighted by Crippen LogP contribution is -2.39. The van der Waals surface area contributed by atoms with Crippen molar-refractivity contribution in [2.24, 2.45) is 5.92 Å². The van der Waals surface area contributed by atoms with Crippen LogP contribution in [-0.4, -0.2) is 54.2 Å². The van der Waals surface area contributed by atoms with Crippen molar-refractivity contribution < 1.29 is 34.2 Å². The topological polar surface area (TPSA) is 145 Å². The third-order valence-electron chi connectivity index (χ3n) is 5.93. The molecule has 230 valence electrons. The summed E-state index contributed by atoms with van der Waals surface area (Å²) >= 11 is 0. The standard InChI is InChI=1S/C16H32O.C12H20N2O6.CH4O/c1-4-7-8-9-10-12-16(17)14-13-15(6-3)11-5-2;1-3-4-5-6-7-11(15)13-10(2)12(16)19-8-9-20-14(17)18;1-2/h15H,4-14H2,1-3H3;3-4,10H,5-9H2,1-2H3,(H,13,15);2H,1H3/b;4-3-;. The van der Waals surface area contributed by atoms with Gasteiger partial charge in [-0.3, -0.25) is 9.59 Å². The van der Waals surface area contributed by atoms with Gasteiger partial charge in [0.05, 0.1) is 0 Å². The number of nitrogens with one attached hydrogen (secondary N) is 1. The van der Waals surface area contributed by atoms with Crippen molar-refractivity contribution in [3.63, 3.8) is 0 Å². The molecule has 1 amide bonds. The van der Waals surface area contributed by atoms with Crippen molar-refractivity contribution in [1.82, 2.24) is 5.32 Å². The van der Waals surface area contributed by atoms with E-state index in [-0.39, 0.29) is 19.1 Å². The lowest BCUT2D eigenvalue weighted by molar-refractivity contribution is -0.757. The third kappa shape index (κ3) is 31.6. The number of ether oxygens (including phenoxy) is 1. The zero-order valence-corrected chi connectivity index (χ0v) is 25.4. The van der Waals surface area contributed by atoms with Crippen LogP contribution in [0, 0.1) is 16.0 Å². The zero-order valence-electron chi connectivity index (χ0n) is 25.4. The molecule has 0 aromatic heterocycles. The summed E-state index contributed by atoms with van der Waals surface area (Å²) in [7, 11) is 1.00. The number of amides is 1. The third-order valence-corrected chi connectivity index (χ3v) is 5.93. The first-order valence-corrected chi connectivity index (χ1v) is 14.5. The lowest BCUT2D eigenvalue weighted by Gasteiger charge is -2.12. The van der Waals surface area contributed by atoms with E-state index >= 15 is 0 Å². The number of Topliss-reactive ketones (excluding diaryl/α,β-unsaturated/α-hetero) is 1. The number of carbonyl (C=O) groups excluding carboxylic acids is 3. The summed E-state index contributed by atoms with van der Waals surface area (Å²) in [4.78, 5) is 48.4. The van der Waals surface area contributed by atoms with Gasteiger partial charge < -0.3 is 20.0 Å². The van der Waals surface area contributed by atoms with Crippen LogP contribution >= 0.6 is 0 Å². The predicted molar refractivity (Wildman–Crippen MR) is 155 cm³/mol. The molecule has 0 saturated carbocycles. The van der Waals surface area contributed by atoms with Gasteiger partial charge >= 0.3 is 5.97 Å². The number of carbonyl (C=O) groups is 3. The van der Waals surface area contributed by atoms with Gasteiger partial charge in [0.1, 0.15) is 25.0 Å². The Bertz CT molecular complexity index is 641. The fourth-order valence-electron chi connectivity index (χ4n) is 3.68. The minimum atomic E-state index is -0.968. The van der Waals surface area contributed by atoms with Gasteiger partial charge in [0.2, 0.25) is 5.91 Å². The maximum absolute atomic E-state index is 11.7. The first kappa shape index (κ1) is 41.0. The first-order valence-electron chi connectivity index (χ1n) is 14.5. The Balaban J connectivity index is -0.000000632. The Labute approximate surface area is 236 Å². The molecule has 0 rings (SSSR count). The molecule has 2 atom stereocenters. The Kier molecular flexibility index (Phi) is 33.4. The molecule has 0 aromatic rings. The van der Waals surface area contributed by atoms with Gasteiger partial charge in [-0.05, 0) is 45.4 Å². The van der Waals surface area contributed by atoms with E-state index in [9.17, 15) is 24.5 Å². The number of unbranched alkanes of at least 4 members (excludes halogenated alkanes) is 5. The van der Waals surface area contributed by atoms with E-state index in [0.29, 0.717) is 18.6 Å². The van der Waals surface area contributed by atoms with Crippen LogP contribution in [0.1, 0.15) is 125 Å². The van der Waals surface area contributed by atoms with Crippen molar-refractivity contribution in [3.05, 3.63) is 22.3 Å². The van der Waals surface area contributed by atoms with Gasteiger partial charge in [0, 0.05) is 26.4 Å². The normalized spacial score (nSPS) is 11.8. The Morgan fingerprint density at radius 3 is 2.15 bits per heavy atom. The molecule has 0 aliphatic carbocycles. The minimum absolute atomic E-state index is 0.235. The maximum atomic E-state index is 11.7. The summed E-state index contributed by atoms with van der Waals surface area (Å²) in [5.74, 6) is 0.388. The zero-order chi connectivity index (χ0) is 30.3. The van der Waals surface area contributed by atoms with Crippen LogP contribution in [0.3, 0.4) is 0 Å². The lowest BCUT2D eigenvalue weighted by atomic mass is 9.93. The van der Waals surface area contributed by atoms with E-state index in [1.807, 2.05) is 19.1 Å². The van der Waals surface area contributed by atoms with Crippen LogP contribution in [-0.2, 0) is 24.0 Å². The number of aliphatic hydroxyl groups excluding tert-OH is 1. The number of hydrogen-bond acceptors (Lipinski definition) is 8. The minimum Gasteiger partial charge on any atom is -0.462 e. The van der Waals surface area contributed by atoms with Gasteiger partial charge in [-0.15, -0.1) is 10.1 Å². The number of ketones is 1. The highest BCUT2D eigenvalue weighted by Crippen LogP contribution is 2.18. The molecular weight excluding hydrogens is 504 g/mol. The molecule has 10 nitrogen and oxygen atoms in total. The molecule has 2 N–H and O–H groups in total. The van der Waals surface area contributed by atoms with Crippen LogP contribution in [0.2, 0.25) is 0 Å². The fraction of sp³-hybridized carbons (Fsp3) is 0.828. The van der Waals surface area contributed by atoms with Crippen LogP contribution < -0.4 is 5.32 Å². The second-order valence-electron chi connectivity index (χ2n) is 9.28. The predicted octanol–water partition coefficient (Wildman–Crippen LogP) is 6.12. The van der Waals surface area contributed by atoms with Crippen LogP contribution in [0.4, 0.5) is 0 Å². The van der Waals surface area contributed by atoms with E-state index in [2.05, 4.69) is 30.9 Å². The smallest absolute Gasteiger partial charge is 0.328 e. The summed E-state index contributed by atoms with van der Waals surface area (Å²) in [5.41, 5.74) is 0. The summed E-state index contributed by atoms with van der Waals surface area (Å²) in [5, 5.41) is 18.4. The van der Waals surface area contributed by atoms with Gasteiger partial charge in [-0.25, -0.2) is 4.79 Å². The van der Waals surface area contributed by atoms with Crippen LogP contribution in [0.25, 0.3) is 0 Å². The number of aliphatic hydroxyl groups is 1. The van der Waals surface area contributed by atoms with E-state index in [1.54, 1.807) is 0 Å². The molecule has 0 bridgehead atoms. The average molecular weight is 561 g/mol. The van der Waals surface area contributed by atoms with Crippen LogP contribution in [0.5, 0.6) is 0 Å². The van der Waals surface area contributed by atoms with Gasteiger partial charge in [0.15, 0.2) is 0 Å². The second-order valence-corrected chi connectivity index (χ2v) is 9.28. The maximum Gasteiger partial charge on any atom is 0.328 e. The summed E-state index contributed by atoms with van der Waals surface area (Å²) in [6, 6.07) is -0.792. The number of esters is 1. The fourth-order valence-corrected chi connectivity index (χ4v) is 3.68. The quantitative estimate of drug-likeness (QED) is 0.0529. The molecular formula is C29H56N2O8. The van der Waals surface area contributed by atoms with Crippen molar-refractivity contribution in [3.8, 4) is 0 Å². The molecule has 0 spiro atoms. The second kappa shape index (κ2) is 31.7. The number of hydrogen-bond donors (Lipinski definition) is 2. The molecule has 0 aliphatic rings. The average Bonchev–Trinajstić information content (AvgIpc) is 2.92. The molecule has 0 saturated heterocycles. The molecule has 0 radical (unpaired) electrons. The number of allylic oxidation sites excluding steroid dienone is 2. The Morgan fingerprint density at radius 1 is 0.923 bits per heavy atom. The molecule has 0 aliphatic heterocycles. The Hall–Kier alpha value is -2.49. The SMILES string of the molecule is C/C=C\CCCC(=O)NC(C)C(=O)OCCO[N+](=O)[O-].CCCCCCCC(=O)CCC(CC)CCC.CO. The molecule has 2 unspecified atom stereocenters. The molecule has 0 aromatic carbocycles. The summed E-state index contributed by atoms with van der Waals surface area (Å²) in [6.45, 7) is 9.53. The highest BCUT2D eigenvalue weighted by molar-refractivity contribution is 5.84. The highest BCUT2D eigenvalue weighted by Gasteiger charge is 2.16.